The van der Waals surface area contributed by atoms with Crippen LogP contribution in [0.5, 0.6) is 0 Å². The van der Waals surface area contributed by atoms with Gasteiger partial charge in [-0.15, -0.1) is 11.6 Å². The van der Waals surface area contributed by atoms with Gasteiger partial charge < -0.3 is 4.90 Å². The van der Waals surface area contributed by atoms with Crippen molar-refractivity contribution >= 4 is 45.0 Å². The van der Waals surface area contributed by atoms with Crippen molar-refractivity contribution in [3.8, 4) is 0 Å². The number of hydrogen-bond donors (Lipinski definition) is 0. The lowest BCUT2D eigenvalue weighted by Gasteiger charge is -2.34. The lowest BCUT2D eigenvalue weighted by molar-refractivity contribution is 0.0659. The summed E-state index contributed by atoms with van der Waals surface area (Å²) in [5.74, 6) is 0.291. The molecule has 94 valence electrons. The molecule has 0 heterocycles. The molecule has 0 N–H and O–H groups in total. The van der Waals surface area contributed by atoms with Gasteiger partial charge in [-0.05, 0) is 48.0 Å². The van der Waals surface area contributed by atoms with E-state index in [1.54, 1.807) is 30.1 Å². The minimum Gasteiger partial charge on any atom is -0.335 e. The number of carbonyl (C=O) groups excluding carboxylic acids is 1. The standard InChI is InChI=1S/C12H14BrCl2NO/c1-12(2,7-14)16(3)11(17)9-5-4-8(15)6-10(9)13/h4-6H,7H2,1-3H3. The van der Waals surface area contributed by atoms with E-state index in [4.69, 9.17) is 23.2 Å². The minimum absolute atomic E-state index is 0.0841. The Morgan fingerprint density at radius 3 is 2.53 bits per heavy atom. The Labute approximate surface area is 120 Å². The summed E-state index contributed by atoms with van der Waals surface area (Å²) in [7, 11) is 1.74. The Kier molecular flexibility index (Phi) is 4.87. The Morgan fingerprint density at radius 2 is 2.06 bits per heavy atom. The second kappa shape index (κ2) is 5.59. The van der Waals surface area contributed by atoms with Crippen molar-refractivity contribution in [2.24, 2.45) is 0 Å². The predicted molar refractivity (Wildman–Crippen MR) is 76.0 cm³/mol. The number of rotatable bonds is 3. The third kappa shape index (κ3) is 3.36. The SMILES string of the molecule is CN(C(=O)c1ccc(Cl)cc1Br)C(C)(C)CCl. The van der Waals surface area contributed by atoms with Gasteiger partial charge in [0.1, 0.15) is 0 Å². The first-order valence-electron chi connectivity index (χ1n) is 5.09. The molecule has 0 saturated heterocycles. The van der Waals surface area contributed by atoms with Crippen molar-refractivity contribution in [2.75, 3.05) is 12.9 Å². The average Bonchev–Trinajstić information content (AvgIpc) is 2.27. The van der Waals surface area contributed by atoms with Crippen LogP contribution in [-0.4, -0.2) is 29.3 Å². The smallest absolute Gasteiger partial charge is 0.255 e. The Morgan fingerprint density at radius 1 is 1.47 bits per heavy atom. The Bertz CT molecular complexity index is 435. The van der Waals surface area contributed by atoms with Crippen LogP contribution < -0.4 is 0 Å². The minimum atomic E-state index is -0.391. The Balaban J connectivity index is 3.05. The van der Waals surface area contributed by atoms with E-state index in [-0.39, 0.29) is 5.91 Å². The maximum atomic E-state index is 12.3. The van der Waals surface area contributed by atoms with Crippen molar-refractivity contribution in [1.82, 2.24) is 4.90 Å². The molecule has 17 heavy (non-hydrogen) atoms. The maximum Gasteiger partial charge on any atom is 0.255 e. The third-order valence-electron chi connectivity index (χ3n) is 2.70. The second-order valence-corrected chi connectivity index (χ2v) is 5.99. The topological polar surface area (TPSA) is 20.3 Å². The summed E-state index contributed by atoms with van der Waals surface area (Å²) in [6, 6.07) is 5.10. The molecule has 0 spiro atoms. The molecule has 0 bridgehead atoms. The zero-order valence-electron chi connectivity index (χ0n) is 9.93. The van der Waals surface area contributed by atoms with E-state index >= 15 is 0 Å². The van der Waals surface area contributed by atoms with Gasteiger partial charge in [0.15, 0.2) is 0 Å². The van der Waals surface area contributed by atoms with Gasteiger partial charge in [0.05, 0.1) is 11.1 Å². The zero-order chi connectivity index (χ0) is 13.2. The van der Waals surface area contributed by atoms with Crippen LogP contribution in [0.2, 0.25) is 5.02 Å². The van der Waals surface area contributed by atoms with Gasteiger partial charge in [-0.25, -0.2) is 0 Å². The molecule has 0 fully saturated rings. The van der Waals surface area contributed by atoms with Crippen LogP contribution in [0.25, 0.3) is 0 Å². The molecule has 0 atom stereocenters. The van der Waals surface area contributed by atoms with Crippen LogP contribution in [0.15, 0.2) is 22.7 Å². The molecule has 1 aromatic rings. The van der Waals surface area contributed by atoms with Gasteiger partial charge in [-0.3, -0.25) is 4.79 Å². The first kappa shape index (κ1) is 14.8. The quantitative estimate of drug-likeness (QED) is 0.756. The fourth-order valence-electron chi connectivity index (χ4n) is 1.21. The van der Waals surface area contributed by atoms with Gasteiger partial charge in [-0.1, -0.05) is 11.6 Å². The number of halogens is 3. The average molecular weight is 339 g/mol. The lowest BCUT2D eigenvalue weighted by Crippen LogP contribution is -2.46. The highest BCUT2D eigenvalue weighted by Gasteiger charge is 2.28. The predicted octanol–water partition coefficient (Wildman–Crippen LogP) is 4.19. The van der Waals surface area contributed by atoms with Crippen LogP contribution in [0.3, 0.4) is 0 Å². The highest BCUT2D eigenvalue weighted by molar-refractivity contribution is 9.10. The summed E-state index contributed by atoms with van der Waals surface area (Å²) in [5.41, 5.74) is 0.188. The van der Waals surface area contributed by atoms with Crippen molar-refractivity contribution in [2.45, 2.75) is 19.4 Å². The molecule has 0 radical (unpaired) electrons. The van der Waals surface area contributed by atoms with Crippen LogP contribution in [-0.2, 0) is 0 Å². The monoisotopic (exact) mass is 337 g/mol. The van der Waals surface area contributed by atoms with Crippen molar-refractivity contribution in [3.05, 3.63) is 33.3 Å². The molecule has 1 rings (SSSR count). The van der Waals surface area contributed by atoms with Gasteiger partial charge >= 0.3 is 0 Å². The molecule has 1 amide bonds. The molecular weight excluding hydrogens is 325 g/mol. The second-order valence-electron chi connectivity index (χ2n) is 4.43. The highest BCUT2D eigenvalue weighted by Crippen LogP contribution is 2.25. The van der Waals surface area contributed by atoms with Crippen molar-refractivity contribution in [1.29, 1.82) is 0 Å². The molecule has 0 aliphatic rings. The van der Waals surface area contributed by atoms with Crippen molar-refractivity contribution < 1.29 is 4.79 Å². The molecule has 1 aromatic carbocycles. The summed E-state index contributed by atoms with van der Waals surface area (Å²) in [5, 5.41) is 0.590. The lowest BCUT2D eigenvalue weighted by atomic mass is 10.0. The van der Waals surface area contributed by atoms with Gasteiger partial charge in [0.25, 0.3) is 5.91 Å². The number of alkyl halides is 1. The molecule has 0 saturated carbocycles. The summed E-state index contributed by atoms with van der Waals surface area (Å²) in [6.45, 7) is 3.84. The molecule has 2 nitrogen and oxygen atoms in total. The fraction of sp³-hybridized carbons (Fsp3) is 0.417. The highest BCUT2D eigenvalue weighted by atomic mass is 79.9. The zero-order valence-corrected chi connectivity index (χ0v) is 13.0. The summed E-state index contributed by atoms with van der Waals surface area (Å²) in [6.07, 6.45) is 0. The molecular formula is C12H14BrCl2NO. The largest absolute Gasteiger partial charge is 0.335 e. The first-order valence-corrected chi connectivity index (χ1v) is 6.79. The van der Waals surface area contributed by atoms with Crippen molar-refractivity contribution in [3.63, 3.8) is 0 Å². The van der Waals surface area contributed by atoms with E-state index < -0.39 is 5.54 Å². The number of carbonyl (C=O) groups is 1. The van der Waals surface area contributed by atoms with E-state index in [0.29, 0.717) is 20.9 Å². The van der Waals surface area contributed by atoms with Gasteiger partial charge in [0, 0.05) is 22.4 Å². The molecule has 0 aliphatic carbocycles. The van der Waals surface area contributed by atoms with Crippen LogP contribution in [0.1, 0.15) is 24.2 Å². The fourth-order valence-corrected chi connectivity index (χ4v) is 2.24. The number of benzene rings is 1. The van der Waals surface area contributed by atoms with E-state index in [0.717, 1.165) is 0 Å². The van der Waals surface area contributed by atoms with Crippen LogP contribution in [0, 0.1) is 0 Å². The first-order chi connectivity index (χ1) is 7.79. The third-order valence-corrected chi connectivity index (χ3v) is 4.25. The van der Waals surface area contributed by atoms with Gasteiger partial charge in [0.2, 0.25) is 0 Å². The molecule has 0 aromatic heterocycles. The van der Waals surface area contributed by atoms with E-state index in [1.165, 1.54) is 0 Å². The number of amides is 1. The Hall–Kier alpha value is -0.250. The molecule has 0 aliphatic heterocycles. The number of nitrogens with zero attached hydrogens (tertiary/aromatic N) is 1. The van der Waals surface area contributed by atoms with Crippen LogP contribution in [0.4, 0.5) is 0 Å². The molecule has 5 heteroatoms. The molecule has 0 unspecified atom stereocenters. The van der Waals surface area contributed by atoms with Crippen LogP contribution >= 0.6 is 39.1 Å². The van der Waals surface area contributed by atoms with E-state index in [2.05, 4.69) is 15.9 Å². The van der Waals surface area contributed by atoms with E-state index in [1.807, 2.05) is 13.8 Å². The van der Waals surface area contributed by atoms with E-state index in [9.17, 15) is 4.79 Å². The summed E-state index contributed by atoms with van der Waals surface area (Å²) >= 11 is 15.0. The van der Waals surface area contributed by atoms with Gasteiger partial charge in [-0.2, -0.15) is 0 Å². The normalized spacial score (nSPS) is 11.4. The number of hydrogen-bond acceptors (Lipinski definition) is 1. The summed E-state index contributed by atoms with van der Waals surface area (Å²) < 4.78 is 0.687. The maximum absolute atomic E-state index is 12.3. The summed E-state index contributed by atoms with van der Waals surface area (Å²) in [4.78, 5) is 13.9.